The van der Waals surface area contributed by atoms with E-state index in [0.717, 1.165) is 4.90 Å². The van der Waals surface area contributed by atoms with E-state index in [1.807, 2.05) is 30.3 Å². The molecule has 0 aliphatic rings. The highest BCUT2D eigenvalue weighted by atomic mass is 32.2. The van der Waals surface area contributed by atoms with E-state index in [4.69, 9.17) is 10.00 Å². The number of benzene rings is 1. The largest absolute Gasteiger partial charge is 0.465 e. The molecule has 96 valence electrons. The average molecular weight is 263 g/mol. The summed E-state index contributed by atoms with van der Waals surface area (Å²) in [6.07, 6.45) is 0.488. The third-order valence-corrected chi connectivity index (χ3v) is 3.60. The zero-order valence-corrected chi connectivity index (χ0v) is 11.5. The SMILES string of the molecule is CCOC(=O)C(C)(C#N)CCSc1ccccc1. The Balaban J connectivity index is 2.50. The molecule has 0 aromatic heterocycles. The molecule has 4 heteroatoms. The van der Waals surface area contributed by atoms with Gasteiger partial charge in [0.1, 0.15) is 0 Å². The highest BCUT2D eigenvalue weighted by molar-refractivity contribution is 7.99. The highest BCUT2D eigenvalue weighted by Crippen LogP contribution is 2.27. The van der Waals surface area contributed by atoms with Crippen LogP contribution in [0.5, 0.6) is 0 Å². The number of carbonyl (C=O) groups is 1. The summed E-state index contributed by atoms with van der Waals surface area (Å²) in [6, 6.07) is 12.0. The van der Waals surface area contributed by atoms with Crippen molar-refractivity contribution in [3.8, 4) is 6.07 Å². The van der Waals surface area contributed by atoms with Gasteiger partial charge in [0.2, 0.25) is 0 Å². The molecule has 0 amide bonds. The van der Waals surface area contributed by atoms with E-state index >= 15 is 0 Å². The Labute approximate surface area is 112 Å². The molecule has 1 aromatic rings. The van der Waals surface area contributed by atoms with Crippen LogP contribution in [0.25, 0.3) is 0 Å². The minimum atomic E-state index is -1.04. The molecule has 0 saturated heterocycles. The van der Waals surface area contributed by atoms with E-state index in [1.165, 1.54) is 0 Å². The van der Waals surface area contributed by atoms with Gasteiger partial charge in [-0.3, -0.25) is 4.79 Å². The lowest BCUT2D eigenvalue weighted by Gasteiger charge is -2.18. The Hall–Kier alpha value is -1.47. The molecule has 1 unspecified atom stereocenters. The quantitative estimate of drug-likeness (QED) is 0.584. The van der Waals surface area contributed by atoms with Crippen LogP contribution in [0.4, 0.5) is 0 Å². The summed E-state index contributed by atoms with van der Waals surface area (Å²) in [7, 11) is 0. The van der Waals surface area contributed by atoms with Crippen LogP contribution in [-0.2, 0) is 9.53 Å². The van der Waals surface area contributed by atoms with Gasteiger partial charge in [-0.15, -0.1) is 11.8 Å². The Morgan fingerprint density at radius 2 is 2.11 bits per heavy atom. The monoisotopic (exact) mass is 263 g/mol. The molecule has 0 spiro atoms. The molecule has 0 radical (unpaired) electrons. The topological polar surface area (TPSA) is 50.1 Å². The van der Waals surface area contributed by atoms with Crippen LogP contribution in [0.15, 0.2) is 35.2 Å². The van der Waals surface area contributed by atoms with Crippen LogP contribution < -0.4 is 0 Å². The van der Waals surface area contributed by atoms with Crippen molar-refractivity contribution >= 4 is 17.7 Å². The summed E-state index contributed by atoms with van der Waals surface area (Å²) in [5, 5.41) is 9.12. The van der Waals surface area contributed by atoms with Gasteiger partial charge in [0, 0.05) is 10.6 Å². The van der Waals surface area contributed by atoms with Crippen LogP contribution in [0.2, 0.25) is 0 Å². The molecular formula is C14H17NO2S. The fourth-order valence-electron chi connectivity index (χ4n) is 1.38. The van der Waals surface area contributed by atoms with Crippen molar-refractivity contribution in [3.05, 3.63) is 30.3 Å². The predicted molar refractivity (Wildman–Crippen MR) is 72.1 cm³/mol. The van der Waals surface area contributed by atoms with Gasteiger partial charge in [-0.2, -0.15) is 5.26 Å². The smallest absolute Gasteiger partial charge is 0.326 e. The van der Waals surface area contributed by atoms with Gasteiger partial charge in [0.15, 0.2) is 5.41 Å². The number of nitriles is 1. The molecule has 0 N–H and O–H groups in total. The van der Waals surface area contributed by atoms with Crippen LogP contribution in [0, 0.1) is 16.7 Å². The Morgan fingerprint density at radius 3 is 2.67 bits per heavy atom. The standard InChI is InChI=1S/C14H17NO2S/c1-3-17-13(16)14(2,11-15)9-10-18-12-7-5-4-6-8-12/h4-8H,3,9-10H2,1-2H3. The van der Waals surface area contributed by atoms with E-state index in [2.05, 4.69) is 6.07 Å². The number of esters is 1. The van der Waals surface area contributed by atoms with E-state index in [9.17, 15) is 4.79 Å². The minimum absolute atomic E-state index is 0.307. The number of rotatable bonds is 6. The van der Waals surface area contributed by atoms with Crippen molar-refractivity contribution < 1.29 is 9.53 Å². The zero-order valence-electron chi connectivity index (χ0n) is 10.7. The maximum Gasteiger partial charge on any atom is 0.326 e. The number of carbonyl (C=O) groups excluding carboxylic acids is 1. The second kappa shape index (κ2) is 7.07. The van der Waals surface area contributed by atoms with Crippen molar-refractivity contribution in [2.24, 2.45) is 5.41 Å². The summed E-state index contributed by atoms with van der Waals surface area (Å²) < 4.78 is 4.93. The lowest BCUT2D eigenvalue weighted by molar-refractivity contribution is -0.151. The lowest BCUT2D eigenvalue weighted by atomic mass is 9.90. The Kier molecular flexibility index (Phi) is 5.73. The summed E-state index contributed by atoms with van der Waals surface area (Å²) >= 11 is 1.64. The normalized spacial score (nSPS) is 13.4. The Bertz CT molecular complexity index is 427. The van der Waals surface area contributed by atoms with Gasteiger partial charge in [-0.1, -0.05) is 18.2 Å². The third kappa shape index (κ3) is 4.08. The fourth-order valence-corrected chi connectivity index (χ4v) is 2.48. The molecule has 0 bridgehead atoms. The first-order chi connectivity index (χ1) is 8.62. The maximum absolute atomic E-state index is 11.7. The first-order valence-electron chi connectivity index (χ1n) is 5.88. The Morgan fingerprint density at radius 1 is 1.44 bits per heavy atom. The molecule has 0 heterocycles. The van der Waals surface area contributed by atoms with Crippen molar-refractivity contribution in [2.45, 2.75) is 25.2 Å². The lowest BCUT2D eigenvalue weighted by Crippen LogP contribution is -2.29. The molecule has 1 atom stereocenters. The molecule has 0 aliphatic carbocycles. The van der Waals surface area contributed by atoms with Gasteiger partial charge in [-0.25, -0.2) is 0 Å². The molecule has 1 aromatic carbocycles. The van der Waals surface area contributed by atoms with Gasteiger partial charge in [0.05, 0.1) is 12.7 Å². The van der Waals surface area contributed by atoms with Gasteiger partial charge >= 0.3 is 5.97 Å². The highest BCUT2D eigenvalue weighted by Gasteiger charge is 2.34. The minimum Gasteiger partial charge on any atom is -0.465 e. The molecular weight excluding hydrogens is 246 g/mol. The molecule has 0 aliphatic heterocycles. The van der Waals surface area contributed by atoms with E-state index in [-0.39, 0.29) is 0 Å². The van der Waals surface area contributed by atoms with Crippen LogP contribution in [-0.4, -0.2) is 18.3 Å². The second-order valence-electron chi connectivity index (χ2n) is 4.08. The summed E-state index contributed by atoms with van der Waals surface area (Å²) in [5.41, 5.74) is -1.04. The zero-order chi connectivity index (χ0) is 13.4. The number of hydrogen-bond donors (Lipinski definition) is 0. The maximum atomic E-state index is 11.7. The van der Waals surface area contributed by atoms with Gasteiger partial charge < -0.3 is 4.74 Å². The van der Waals surface area contributed by atoms with Crippen molar-refractivity contribution in [3.63, 3.8) is 0 Å². The van der Waals surface area contributed by atoms with Gasteiger partial charge in [-0.05, 0) is 32.4 Å². The number of nitrogens with zero attached hydrogens (tertiary/aromatic N) is 1. The van der Waals surface area contributed by atoms with Crippen molar-refractivity contribution in [1.29, 1.82) is 5.26 Å². The average Bonchev–Trinajstić information content (AvgIpc) is 2.40. The molecule has 1 rings (SSSR count). The van der Waals surface area contributed by atoms with Crippen LogP contribution in [0.1, 0.15) is 20.3 Å². The van der Waals surface area contributed by atoms with E-state index in [0.29, 0.717) is 18.8 Å². The second-order valence-corrected chi connectivity index (χ2v) is 5.24. The van der Waals surface area contributed by atoms with E-state index < -0.39 is 11.4 Å². The summed E-state index contributed by atoms with van der Waals surface area (Å²) in [4.78, 5) is 12.8. The van der Waals surface area contributed by atoms with E-state index in [1.54, 1.807) is 25.6 Å². The molecule has 0 saturated carbocycles. The number of hydrogen-bond acceptors (Lipinski definition) is 4. The summed E-state index contributed by atoms with van der Waals surface area (Å²) in [5.74, 6) is 0.286. The first-order valence-corrected chi connectivity index (χ1v) is 6.87. The van der Waals surface area contributed by atoms with Gasteiger partial charge in [0.25, 0.3) is 0 Å². The summed E-state index contributed by atoms with van der Waals surface area (Å²) in [6.45, 7) is 3.69. The number of thioether (sulfide) groups is 1. The fraction of sp³-hybridized carbons (Fsp3) is 0.429. The first kappa shape index (κ1) is 14.6. The van der Waals surface area contributed by atoms with Crippen LogP contribution >= 0.6 is 11.8 Å². The number of ether oxygens (including phenoxy) is 1. The predicted octanol–water partition coefficient (Wildman–Crippen LogP) is 3.26. The third-order valence-electron chi connectivity index (χ3n) is 2.59. The van der Waals surface area contributed by atoms with Crippen molar-refractivity contribution in [2.75, 3.05) is 12.4 Å². The molecule has 18 heavy (non-hydrogen) atoms. The molecule has 3 nitrogen and oxygen atoms in total. The molecule has 0 fully saturated rings. The van der Waals surface area contributed by atoms with Crippen LogP contribution in [0.3, 0.4) is 0 Å². The van der Waals surface area contributed by atoms with Crippen molar-refractivity contribution in [1.82, 2.24) is 0 Å².